The van der Waals surface area contributed by atoms with Crippen molar-refractivity contribution >= 4 is 16.9 Å². The molecule has 1 spiro atoms. The first-order valence-electron chi connectivity index (χ1n) is 9.52. The molecule has 0 bridgehead atoms. The summed E-state index contributed by atoms with van der Waals surface area (Å²) in [4.78, 5) is 14.8. The highest BCUT2D eigenvalue weighted by atomic mass is 16.5. The second kappa shape index (κ2) is 7.05. The molecule has 5 nitrogen and oxygen atoms in total. The Balaban J connectivity index is 1.42. The molecule has 26 heavy (non-hydrogen) atoms. The van der Waals surface area contributed by atoms with E-state index in [1.807, 2.05) is 24.0 Å². The number of hydrogen-bond acceptors (Lipinski definition) is 4. The predicted octanol–water partition coefficient (Wildman–Crippen LogP) is 3.47. The molecule has 5 heteroatoms. The fourth-order valence-corrected chi connectivity index (χ4v) is 4.44. The summed E-state index contributed by atoms with van der Waals surface area (Å²) in [5.74, 6) is 0.160. The van der Waals surface area contributed by atoms with Crippen LogP contribution in [0.15, 0.2) is 28.9 Å². The number of benzene rings is 1. The molecule has 0 aliphatic carbocycles. The van der Waals surface area contributed by atoms with Crippen LogP contribution >= 0.6 is 0 Å². The Kier molecular flexibility index (Phi) is 4.76. The number of fused-ring (bicyclic) bond motifs is 1. The topological polar surface area (TPSA) is 51.9 Å². The Labute approximate surface area is 154 Å². The number of ether oxygens (including phenoxy) is 2. The van der Waals surface area contributed by atoms with Gasteiger partial charge in [0.05, 0.1) is 24.4 Å². The van der Waals surface area contributed by atoms with E-state index in [9.17, 15) is 4.79 Å². The number of likely N-dealkylation sites (tertiary alicyclic amines) is 1. The normalized spacial score (nSPS) is 22.8. The summed E-state index contributed by atoms with van der Waals surface area (Å²) >= 11 is 0. The molecule has 1 aromatic heterocycles. The van der Waals surface area contributed by atoms with Crippen molar-refractivity contribution in [3.05, 3.63) is 35.6 Å². The number of carbonyl (C=O) groups excluding carboxylic acids is 1. The molecule has 1 atom stereocenters. The van der Waals surface area contributed by atoms with Gasteiger partial charge >= 0.3 is 0 Å². The minimum Gasteiger partial charge on any atom is -0.464 e. The molecule has 3 heterocycles. The van der Waals surface area contributed by atoms with Crippen LogP contribution in [0.4, 0.5) is 0 Å². The third kappa shape index (κ3) is 3.14. The van der Waals surface area contributed by atoms with Gasteiger partial charge in [-0.05, 0) is 44.2 Å². The smallest absolute Gasteiger partial charge is 0.227 e. The molecule has 0 radical (unpaired) electrons. The SMILES string of the molecule is CO[C@@H]1CCCOC12CCN(C(=O)Cc1coc3cc(C)ccc13)CC2. The largest absolute Gasteiger partial charge is 0.464 e. The Morgan fingerprint density at radius 1 is 1.35 bits per heavy atom. The van der Waals surface area contributed by atoms with Gasteiger partial charge < -0.3 is 18.8 Å². The Hall–Kier alpha value is -1.85. The summed E-state index contributed by atoms with van der Waals surface area (Å²) < 4.78 is 17.4. The molecule has 2 aromatic rings. The maximum Gasteiger partial charge on any atom is 0.227 e. The lowest BCUT2D eigenvalue weighted by molar-refractivity contribution is -0.188. The highest BCUT2D eigenvalue weighted by molar-refractivity contribution is 5.88. The van der Waals surface area contributed by atoms with E-state index in [-0.39, 0.29) is 17.6 Å². The number of furan rings is 1. The molecule has 0 unspecified atom stereocenters. The standard InChI is InChI=1S/C21H27NO4/c1-15-5-6-17-16(14-25-18(17)12-15)13-20(23)22-9-7-21(8-10-22)19(24-2)4-3-11-26-21/h5-6,12,14,19H,3-4,7-11,13H2,1-2H3/t19-/m1/s1. The second-order valence-electron chi connectivity index (χ2n) is 7.60. The van der Waals surface area contributed by atoms with Crippen LogP contribution in [0.1, 0.15) is 36.8 Å². The Morgan fingerprint density at radius 2 is 2.15 bits per heavy atom. The van der Waals surface area contributed by atoms with Crippen molar-refractivity contribution in [1.82, 2.24) is 4.90 Å². The van der Waals surface area contributed by atoms with Crippen LogP contribution in [0.3, 0.4) is 0 Å². The molecule has 1 amide bonds. The van der Waals surface area contributed by atoms with E-state index in [1.165, 1.54) is 0 Å². The molecular formula is C21H27NO4. The second-order valence-corrected chi connectivity index (χ2v) is 7.60. The summed E-state index contributed by atoms with van der Waals surface area (Å²) in [7, 11) is 1.77. The van der Waals surface area contributed by atoms with E-state index < -0.39 is 0 Å². The van der Waals surface area contributed by atoms with Crippen molar-refractivity contribution in [3.63, 3.8) is 0 Å². The van der Waals surface area contributed by atoms with Gasteiger partial charge in [-0.2, -0.15) is 0 Å². The van der Waals surface area contributed by atoms with Gasteiger partial charge in [0, 0.05) is 37.8 Å². The van der Waals surface area contributed by atoms with Crippen molar-refractivity contribution in [1.29, 1.82) is 0 Å². The van der Waals surface area contributed by atoms with E-state index in [1.54, 1.807) is 13.4 Å². The van der Waals surface area contributed by atoms with Crippen LogP contribution < -0.4 is 0 Å². The zero-order chi connectivity index (χ0) is 18.1. The molecule has 1 aromatic carbocycles. The zero-order valence-electron chi connectivity index (χ0n) is 15.6. The van der Waals surface area contributed by atoms with E-state index >= 15 is 0 Å². The third-order valence-electron chi connectivity index (χ3n) is 5.99. The van der Waals surface area contributed by atoms with E-state index in [0.717, 1.165) is 67.5 Å². The van der Waals surface area contributed by atoms with E-state index in [0.29, 0.717) is 6.42 Å². The first kappa shape index (κ1) is 17.6. The summed E-state index contributed by atoms with van der Waals surface area (Å²) in [6.07, 6.45) is 6.05. The zero-order valence-corrected chi connectivity index (χ0v) is 15.6. The fraction of sp³-hybridized carbons (Fsp3) is 0.571. The van der Waals surface area contributed by atoms with Crippen molar-refractivity contribution in [3.8, 4) is 0 Å². The van der Waals surface area contributed by atoms with Crippen molar-refractivity contribution in [2.75, 3.05) is 26.8 Å². The van der Waals surface area contributed by atoms with Crippen LogP contribution in [-0.2, 0) is 20.7 Å². The van der Waals surface area contributed by atoms with Gasteiger partial charge in [0.15, 0.2) is 0 Å². The molecule has 2 aliphatic heterocycles. The van der Waals surface area contributed by atoms with Crippen molar-refractivity contribution < 1.29 is 18.7 Å². The molecule has 2 fully saturated rings. The molecule has 4 rings (SSSR count). The van der Waals surface area contributed by atoms with E-state index in [2.05, 4.69) is 6.07 Å². The van der Waals surface area contributed by atoms with Gasteiger partial charge in [-0.3, -0.25) is 4.79 Å². The minimum atomic E-state index is -0.205. The lowest BCUT2D eigenvalue weighted by Gasteiger charge is -2.48. The van der Waals surface area contributed by atoms with Crippen molar-refractivity contribution in [2.45, 2.75) is 50.7 Å². The van der Waals surface area contributed by atoms with Crippen LogP contribution in [0.2, 0.25) is 0 Å². The van der Waals surface area contributed by atoms with Gasteiger partial charge in [0.1, 0.15) is 5.58 Å². The van der Waals surface area contributed by atoms with Crippen molar-refractivity contribution in [2.24, 2.45) is 0 Å². The van der Waals surface area contributed by atoms with Gasteiger partial charge in [0.2, 0.25) is 5.91 Å². The number of aryl methyl sites for hydroxylation is 1. The van der Waals surface area contributed by atoms with Gasteiger partial charge in [-0.15, -0.1) is 0 Å². The number of amides is 1. The Bertz CT molecular complexity index is 788. The molecule has 2 aliphatic rings. The maximum absolute atomic E-state index is 12.8. The highest BCUT2D eigenvalue weighted by Crippen LogP contribution is 2.37. The minimum absolute atomic E-state index is 0.148. The summed E-state index contributed by atoms with van der Waals surface area (Å²) in [5.41, 5.74) is 2.77. The lowest BCUT2D eigenvalue weighted by Crippen LogP contribution is -2.56. The number of carbonyl (C=O) groups is 1. The van der Waals surface area contributed by atoms with Crippen LogP contribution in [0, 0.1) is 6.92 Å². The van der Waals surface area contributed by atoms with Gasteiger partial charge in [-0.1, -0.05) is 12.1 Å². The third-order valence-corrected chi connectivity index (χ3v) is 5.99. The lowest BCUT2D eigenvalue weighted by atomic mass is 9.81. The first-order valence-corrected chi connectivity index (χ1v) is 9.52. The number of rotatable bonds is 3. The maximum atomic E-state index is 12.8. The number of nitrogens with zero attached hydrogens (tertiary/aromatic N) is 1. The number of methoxy groups -OCH3 is 1. The molecule has 140 valence electrons. The highest BCUT2D eigenvalue weighted by Gasteiger charge is 2.45. The number of piperidine rings is 1. The summed E-state index contributed by atoms with van der Waals surface area (Å²) in [5, 5.41) is 1.03. The first-order chi connectivity index (χ1) is 12.6. The van der Waals surface area contributed by atoms with E-state index in [4.69, 9.17) is 13.9 Å². The average Bonchev–Trinajstić information content (AvgIpc) is 3.04. The molecular weight excluding hydrogens is 330 g/mol. The van der Waals surface area contributed by atoms with Crippen LogP contribution in [0.25, 0.3) is 11.0 Å². The monoisotopic (exact) mass is 357 g/mol. The average molecular weight is 357 g/mol. The van der Waals surface area contributed by atoms with Crippen LogP contribution in [0.5, 0.6) is 0 Å². The summed E-state index contributed by atoms with van der Waals surface area (Å²) in [6.45, 7) is 4.30. The Morgan fingerprint density at radius 3 is 2.92 bits per heavy atom. The number of hydrogen-bond donors (Lipinski definition) is 0. The van der Waals surface area contributed by atoms with Crippen LogP contribution in [-0.4, -0.2) is 49.3 Å². The predicted molar refractivity (Wildman–Crippen MR) is 99.2 cm³/mol. The molecule has 0 N–H and O–H groups in total. The van der Waals surface area contributed by atoms with Gasteiger partial charge in [-0.25, -0.2) is 0 Å². The van der Waals surface area contributed by atoms with Gasteiger partial charge in [0.25, 0.3) is 0 Å². The fourth-order valence-electron chi connectivity index (χ4n) is 4.44. The molecule has 2 saturated heterocycles. The molecule has 0 saturated carbocycles. The summed E-state index contributed by atoms with van der Waals surface area (Å²) in [6, 6.07) is 6.11. The quantitative estimate of drug-likeness (QED) is 0.844.